The fraction of sp³-hybridized carbons (Fsp3) is 0.240. The minimum atomic E-state index is -4.64. The average Bonchev–Trinajstić information content (AvgIpc) is 2.74. The van der Waals surface area contributed by atoms with Crippen molar-refractivity contribution in [1.29, 1.82) is 0 Å². The molecule has 3 aromatic carbocycles. The van der Waals surface area contributed by atoms with Crippen LogP contribution in [0.15, 0.2) is 59.5 Å². The summed E-state index contributed by atoms with van der Waals surface area (Å²) in [5.41, 5.74) is 1.19. The SMILES string of the molecule is Cc1cc(C)c(S(=O)(=O)N(CC(=O)Nc2cc(C(F)(F)F)ccc2Cl)Cc2ccc(Cl)cc2)c(C)c1. The number of carbonyl (C=O) groups is 1. The maximum Gasteiger partial charge on any atom is 0.416 e. The van der Waals surface area contributed by atoms with Gasteiger partial charge in [-0.15, -0.1) is 0 Å². The summed E-state index contributed by atoms with van der Waals surface area (Å²) in [6.45, 7) is 4.33. The first kappa shape index (κ1) is 28.0. The number of carbonyl (C=O) groups excluding carboxylic acids is 1. The minimum absolute atomic E-state index is 0.0620. The zero-order valence-corrected chi connectivity index (χ0v) is 21.9. The maximum atomic E-state index is 13.7. The second-order valence-electron chi connectivity index (χ2n) is 8.37. The van der Waals surface area contributed by atoms with Crippen LogP contribution in [0.25, 0.3) is 0 Å². The van der Waals surface area contributed by atoms with Crippen LogP contribution in [0, 0.1) is 20.8 Å². The van der Waals surface area contributed by atoms with Gasteiger partial charge in [-0.25, -0.2) is 8.42 Å². The van der Waals surface area contributed by atoms with E-state index in [0.29, 0.717) is 27.8 Å². The van der Waals surface area contributed by atoms with Crippen LogP contribution in [-0.2, 0) is 27.5 Å². The first-order valence-corrected chi connectivity index (χ1v) is 12.9. The smallest absolute Gasteiger partial charge is 0.324 e. The molecule has 3 rings (SSSR count). The van der Waals surface area contributed by atoms with Gasteiger partial charge >= 0.3 is 6.18 Å². The normalized spacial score (nSPS) is 12.1. The van der Waals surface area contributed by atoms with Crippen molar-refractivity contribution in [1.82, 2.24) is 4.31 Å². The highest BCUT2D eigenvalue weighted by molar-refractivity contribution is 7.89. The van der Waals surface area contributed by atoms with Crippen LogP contribution in [0.5, 0.6) is 0 Å². The molecular formula is C25H23Cl2F3N2O3S. The summed E-state index contributed by atoms with van der Waals surface area (Å²) in [7, 11) is -4.19. The predicted octanol–water partition coefficient (Wildman–Crippen LogP) is 6.77. The summed E-state index contributed by atoms with van der Waals surface area (Å²) < 4.78 is 67.8. The molecule has 0 aliphatic carbocycles. The van der Waals surface area contributed by atoms with E-state index in [4.69, 9.17) is 23.2 Å². The number of nitrogens with zero attached hydrogens (tertiary/aromatic N) is 1. The Balaban J connectivity index is 1.98. The molecule has 11 heteroatoms. The molecule has 1 amide bonds. The molecule has 36 heavy (non-hydrogen) atoms. The molecule has 0 heterocycles. The zero-order chi connectivity index (χ0) is 26.8. The van der Waals surface area contributed by atoms with Crippen molar-refractivity contribution in [2.75, 3.05) is 11.9 Å². The second-order valence-corrected chi connectivity index (χ2v) is 11.1. The standard InChI is InChI=1S/C25H23Cl2F3N2O3S/c1-15-10-16(2)24(17(3)11-15)36(34,35)32(13-18-4-7-20(26)8-5-18)14-23(33)31-22-12-19(25(28,29)30)6-9-21(22)27/h4-12H,13-14H2,1-3H3,(H,31,33). The minimum Gasteiger partial charge on any atom is -0.324 e. The zero-order valence-electron chi connectivity index (χ0n) is 19.6. The number of rotatable bonds is 7. The van der Waals surface area contributed by atoms with Crippen molar-refractivity contribution in [3.63, 3.8) is 0 Å². The molecule has 0 aliphatic heterocycles. The number of nitrogens with one attached hydrogen (secondary N) is 1. The van der Waals surface area contributed by atoms with Crippen LogP contribution in [0.4, 0.5) is 18.9 Å². The topological polar surface area (TPSA) is 66.5 Å². The Morgan fingerprint density at radius 2 is 1.53 bits per heavy atom. The largest absolute Gasteiger partial charge is 0.416 e. The number of hydrogen-bond donors (Lipinski definition) is 1. The van der Waals surface area contributed by atoms with Gasteiger partial charge in [0.15, 0.2) is 0 Å². The van der Waals surface area contributed by atoms with Crippen LogP contribution < -0.4 is 5.32 Å². The molecule has 0 bridgehead atoms. The summed E-state index contributed by atoms with van der Waals surface area (Å²) in [5, 5.41) is 2.65. The lowest BCUT2D eigenvalue weighted by atomic mass is 10.1. The van der Waals surface area contributed by atoms with Crippen molar-refractivity contribution in [2.45, 2.75) is 38.4 Å². The van der Waals surface area contributed by atoms with E-state index < -0.39 is 34.2 Å². The van der Waals surface area contributed by atoms with E-state index in [0.717, 1.165) is 22.0 Å². The van der Waals surface area contributed by atoms with Gasteiger partial charge < -0.3 is 5.32 Å². The molecule has 0 radical (unpaired) electrons. The highest BCUT2D eigenvalue weighted by Gasteiger charge is 2.32. The number of sulfonamides is 1. The number of anilines is 1. The Bertz CT molecular complexity index is 1370. The number of hydrogen-bond acceptors (Lipinski definition) is 3. The first-order chi connectivity index (χ1) is 16.7. The molecule has 0 aromatic heterocycles. The van der Waals surface area contributed by atoms with Crippen molar-refractivity contribution in [3.05, 3.63) is 92.5 Å². The monoisotopic (exact) mass is 558 g/mol. The van der Waals surface area contributed by atoms with Crippen molar-refractivity contribution >= 4 is 44.8 Å². The van der Waals surface area contributed by atoms with E-state index in [1.165, 1.54) is 0 Å². The van der Waals surface area contributed by atoms with Gasteiger partial charge in [-0.2, -0.15) is 17.5 Å². The maximum absolute atomic E-state index is 13.7. The van der Waals surface area contributed by atoms with Crippen LogP contribution in [0.1, 0.15) is 27.8 Å². The molecule has 1 N–H and O–H groups in total. The van der Waals surface area contributed by atoms with Crippen molar-refractivity contribution in [2.24, 2.45) is 0 Å². The van der Waals surface area contributed by atoms with Crippen LogP contribution in [-0.4, -0.2) is 25.2 Å². The van der Waals surface area contributed by atoms with Gasteiger partial charge in [0.05, 0.1) is 27.7 Å². The number of amides is 1. The fourth-order valence-corrected chi connectivity index (χ4v) is 5.96. The Morgan fingerprint density at radius 3 is 2.08 bits per heavy atom. The van der Waals surface area contributed by atoms with Gasteiger partial charge in [0.2, 0.25) is 15.9 Å². The number of aryl methyl sites for hydroxylation is 3. The first-order valence-electron chi connectivity index (χ1n) is 10.7. The van der Waals surface area contributed by atoms with Gasteiger partial charge in [0.25, 0.3) is 0 Å². The van der Waals surface area contributed by atoms with Crippen molar-refractivity contribution < 1.29 is 26.4 Å². The van der Waals surface area contributed by atoms with Crippen LogP contribution in [0.2, 0.25) is 10.0 Å². The number of halogens is 5. The second kappa shape index (κ2) is 10.8. The molecule has 0 spiro atoms. The third-order valence-corrected chi connectivity index (χ3v) is 8.04. The van der Waals surface area contributed by atoms with E-state index in [1.54, 1.807) is 50.2 Å². The summed E-state index contributed by atoms with van der Waals surface area (Å²) in [6, 6.07) is 12.4. The average molecular weight is 559 g/mol. The molecule has 3 aromatic rings. The molecule has 0 fully saturated rings. The predicted molar refractivity (Wildman–Crippen MR) is 135 cm³/mol. The van der Waals surface area contributed by atoms with Crippen LogP contribution >= 0.6 is 23.2 Å². The Labute approximate surface area is 217 Å². The number of alkyl halides is 3. The highest BCUT2D eigenvalue weighted by Crippen LogP contribution is 2.34. The Hall–Kier alpha value is -2.59. The summed E-state index contributed by atoms with van der Waals surface area (Å²) in [5.74, 6) is -0.851. The van der Waals surface area contributed by atoms with Gasteiger partial charge in [-0.05, 0) is 67.8 Å². The lowest BCUT2D eigenvalue weighted by molar-refractivity contribution is -0.137. The number of benzene rings is 3. The Morgan fingerprint density at radius 1 is 0.944 bits per heavy atom. The van der Waals surface area contributed by atoms with Gasteiger partial charge in [0.1, 0.15) is 0 Å². The third-order valence-electron chi connectivity index (χ3n) is 5.36. The Kier molecular flexibility index (Phi) is 8.40. The van der Waals surface area contributed by atoms with Gasteiger partial charge in [-0.1, -0.05) is 53.0 Å². The van der Waals surface area contributed by atoms with Crippen molar-refractivity contribution in [3.8, 4) is 0 Å². The van der Waals surface area contributed by atoms with E-state index in [2.05, 4.69) is 5.32 Å². The molecule has 0 aliphatic rings. The van der Waals surface area contributed by atoms with E-state index in [9.17, 15) is 26.4 Å². The van der Waals surface area contributed by atoms with E-state index in [1.807, 2.05) is 6.92 Å². The molecule has 5 nitrogen and oxygen atoms in total. The van der Waals surface area contributed by atoms with Gasteiger partial charge in [0, 0.05) is 11.6 Å². The molecule has 0 saturated heterocycles. The highest BCUT2D eigenvalue weighted by atomic mass is 35.5. The van der Waals surface area contributed by atoms with E-state index >= 15 is 0 Å². The molecule has 0 unspecified atom stereocenters. The fourth-order valence-electron chi connectivity index (χ4n) is 3.87. The molecule has 0 atom stereocenters. The molecule has 0 saturated carbocycles. The quantitative estimate of drug-likeness (QED) is 0.348. The summed E-state index contributed by atoms with van der Waals surface area (Å²) >= 11 is 11.9. The van der Waals surface area contributed by atoms with E-state index in [-0.39, 0.29) is 22.2 Å². The third kappa shape index (κ3) is 6.59. The summed E-state index contributed by atoms with van der Waals surface area (Å²) in [6.07, 6.45) is -4.64. The van der Waals surface area contributed by atoms with Crippen LogP contribution in [0.3, 0.4) is 0 Å². The molecule has 192 valence electrons. The lowest BCUT2D eigenvalue weighted by Gasteiger charge is -2.24. The summed E-state index contributed by atoms with van der Waals surface area (Å²) in [4.78, 5) is 13.0. The molecular weight excluding hydrogens is 536 g/mol. The van der Waals surface area contributed by atoms with Gasteiger partial charge in [-0.3, -0.25) is 4.79 Å². The lowest BCUT2D eigenvalue weighted by Crippen LogP contribution is -2.38.